The largest absolute Gasteiger partial charge is 0.338 e. The number of benzene rings is 1. The van der Waals surface area contributed by atoms with Crippen LogP contribution in [0.1, 0.15) is 23.2 Å². The second-order valence-electron chi connectivity index (χ2n) is 4.08. The molecule has 1 aliphatic rings. The molecule has 1 aromatic carbocycles. The number of carbonyl (C=O) groups excluding carboxylic acids is 2. The van der Waals surface area contributed by atoms with E-state index in [4.69, 9.17) is 11.6 Å². The highest BCUT2D eigenvalue weighted by Crippen LogP contribution is 2.21. The standard InChI is InChI=1S/C12H10ClF2NO2/c13-9-6-10(14)8(5-11(9)15)12(18)16-3-1-7(17)2-4-16/h5-6H,1-4H2. The molecule has 0 radical (unpaired) electrons. The summed E-state index contributed by atoms with van der Waals surface area (Å²) >= 11 is 5.41. The molecule has 1 fully saturated rings. The van der Waals surface area contributed by atoms with Gasteiger partial charge in [-0.05, 0) is 12.1 Å². The fourth-order valence-corrected chi connectivity index (χ4v) is 1.97. The Hall–Kier alpha value is -1.49. The van der Waals surface area contributed by atoms with E-state index in [9.17, 15) is 18.4 Å². The first-order valence-electron chi connectivity index (χ1n) is 5.44. The molecule has 1 heterocycles. The van der Waals surface area contributed by atoms with E-state index in [0.29, 0.717) is 0 Å². The molecule has 1 aliphatic heterocycles. The third-order valence-corrected chi connectivity index (χ3v) is 3.14. The van der Waals surface area contributed by atoms with Crippen molar-refractivity contribution in [3.8, 4) is 0 Å². The Morgan fingerprint density at radius 2 is 1.78 bits per heavy atom. The van der Waals surface area contributed by atoms with E-state index in [2.05, 4.69) is 0 Å². The van der Waals surface area contributed by atoms with Crippen molar-refractivity contribution in [2.75, 3.05) is 13.1 Å². The molecular formula is C12H10ClF2NO2. The van der Waals surface area contributed by atoms with Gasteiger partial charge in [0, 0.05) is 25.9 Å². The molecule has 0 unspecified atom stereocenters. The first kappa shape index (κ1) is 13.0. The maximum absolute atomic E-state index is 13.5. The highest BCUT2D eigenvalue weighted by Gasteiger charge is 2.24. The van der Waals surface area contributed by atoms with E-state index in [0.717, 1.165) is 12.1 Å². The van der Waals surface area contributed by atoms with Crippen LogP contribution in [-0.2, 0) is 4.79 Å². The Morgan fingerprint density at radius 1 is 1.17 bits per heavy atom. The number of nitrogens with zero attached hydrogens (tertiary/aromatic N) is 1. The Kier molecular flexibility index (Phi) is 3.61. The summed E-state index contributed by atoms with van der Waals surface area (Å²) in [5.74, 6) is -2.24. The minimum absolute atomic E-state index is 0.0711. The number of hydrogen-bond acceptors (Lipinski definition) is 2. The zero-order valence-corrected chi connectivity index (χ0v) is 10.1. The van der Waals surface area contributed by atoms with E-state index in [1.807, 2.05) is 0 Å². The normalized spacial score (nSPS) is 15.9. The Morgan fingerprint density at radius 3 is 2.39 bits per heavy atom. The fourth-order valence-electron chi connectivity index (χ4n) is 1.82. The number of likely N-dealkylation sites (tertiary alicyclic amines) is 1. The fraction of sp³-hybridized carbons (Fsp3) is 0.333. The van der Waals surface area contributed by atoms with Crippen molar-refractivity contribution < 1.29 is 18.4 Å². The van der Waals surface area contributed by atoms with Crippen molar-refractivity contribution in [1.82, 2.24) is 4.90 Å². The molecule has 0 aliphatic carbocycles. The van der Waals surface area contributed by atoms with E-state index in [1.54, 1.807) is 0 Å². The lowest BCUT2D eigenvalue weighted by Crippen LogP contribution is -2.39. The van der Waals surface area contributed by atoms with Crippen molar-refractivity contribution in [3.05, 3.63) is 34.4 Å². The zero-order chi connectivity index (χ0) is 13.3. The summed E-state index contributed by atoms with van der Waals surface area (Å²) in [7, 11) is 0. The van der Waals surface area contributed by atoms with Gasteiger partial charge in [-0.25, -0.2) is 8.78 Å². The van der Waals surface area contributed by atoms with E-state index >= 15 is 0 Å². The first-order valence-corrected chi connectivity index (χ1v) is 5.82. The minimum atomic E-state index is -0.858. The van der Waals surface area contributed by atoms with Gasteiger partial charge in [-0.15, -0.1) is 0 Å². The quantitative estimate of drug-likeness (QED) is 0.737. The number of piperidine rings is 1. The Bertz CT molecular complexity index is 509. The number of ketones is 1. The lowest BCUT2D eigenvalue weighted by atomic mass is 10.1. The molecule has 96 valence electrons. The molecule has 1 aromatic rings. The highest BCUT2D eigenvalue weighted by atomic mass is 35.5. The van der Waals surface area contributed by atoms with Crippen LogP contribution in [-0.4, -0.2) is 29.7 Å². The van der Waals surface area contributed by atoms with Gasteiger partial charge in [0.2, 0.25) is 0 Å². The third-order valence-electron chi connectivity index (χ3n) is 2.85. The van der Waals surface area contributed by atoms with Gasteiger partial charge in [-0.1, -0.05) is 11.6 Å². The van der Waals surface area contributed by atoms with Crippen LogP contribution in [0, 0.1) is 11.6 Å². The molecule has 2 rings (SSSR count). The second-order valence-corrected chi connectivity index (χ2v) is 4.48. The lowest BCUT2D eigenvalue weighted by Gasteiger charge is -2.26. The van der Waals surface area contributed by atoms with Gasteiger partial charge < -0.3 is 4.90 Å². The maximum Gasteiger partial charge on any atom is 0.256 e. The van der Waals surface area contributed by atoms with Gasteiger partial charge in [-0.3, -0.25) is 9.59 Å². The van der Waals surface area contributed by atoms with Crippen molar-refractivity contribution in [2.45, 2.75) is 12.8 Å². The van der Waals surface area contributed by atoms with Gasteiger partial charge in [0.15, 0.2) is 0 Å². The molecule has 1 amide bonds. The van der Waals surface area contributed by atoms with Crippen molar-refractivity contribution in [1.29, 1.82) is 0 Å². The molecule has 0 atom stereocenters. The first-order chi connectivity index (χ1) is 8.49. The summed E-state index contributed by atoms with van der Waals surface area (Å²) in [6.45, 7) is 0.475. The van der Waals surface area contributed by atoms with E-state index in [-0.39, 0.29) is 42.3 Å². The summed E-state index contributed by atoms with van der Waals surface area (Å²) in [4.78, 5) is 24.3. The van der Waals surface area contributed by atoms with Crippen molar-refractivity contribution in [2.24, 2.45) is 0 Å². The number of hydrogen-bond donors (Lipinski definition) is 0. The monoisotopic (exact) mass is 273 g/mol. The van der Waals surface area contributed by atoms with Crippen LogP contribution in [0.15, 0.2) is 12.1 Å². The van der Waals surface area contributed by atoms with Crippen LogP contribution in [0.2, 0.25) is 5.02 Å². The average molecular weight is 274 g/mol. The van der Waals surface area contributed by atoms with Gasteiger partial charge in [0.1, 0.15) is 17.4 Å². The zero-order valence-electron chi connectivity index (χ0n) is 9.38. The predicted octanol–water partition coefficient (Wildman–Crippen LogP) is 2.42. The molecule has 0 N–H and O–H groups in total. The average Bonchev–Trinajstić information content (AvgIpc) is 2.34. The smallest absolute Gasteiger partial charge is 0.256 e. The molecule has 6 heteroatoms. The van der Waals surface area contributed by atoms with E-state index < -0.39 is 17.5 Å². The van der Waals surface area contributed by atoms with E-state index in [1.165, 1.54) is 4.90 Å². The summed E-state index contributed by atoms with van der Waals surface area (Å²) in [6.07, 6.45) is 0.507. The molecule has 0 aromatic heterocycles. The number of amides is 1. The van der Waals surface area contributed by atoms with Crippen LogP contribution in [0.5, 0.6) is 0 Å². The molecular weight excluding hydrogens is 264 g/mol. The number of rotatable bonds is 1. The van der Waals surface area contributed by atoms with Crippen LogP contribution in [0.4, 0.5) is 8.78 Å². The lowest BCUT2D eigenvalue weighted by molar-refractivity contribution is -0.120. The molecule has 0 bridgehead atoms. The Balaban J connectivity index is 2.23. The van der Waals surface area contributed by atoms with Gasteiger partial charge >= 0.3 is 0 Å². The SMILES string of the molecule is O=C1CCN(C(=O)c2cc(F)c(Cl)cc2F)CC1. The number of carbonyl (C=O) groups is 2. The van der Waals surface area contributed by atoms with Crippen molar-refractivity contribution >= 4 is 23.3 Å². The van der Waals surface area contributed by atoms with Crippen LogP contribution >= 0.6 is 11.6 Å². The van der Waals surface area contributed by atoms with Gasteiger partial charge in [0.25, 0.3) is 5.91 Å². The summed E-state index contributed by atoms with van der Waals surface area (Å²) in [5.41, 5.74) is -0.355. The summed E-state index contributed by atoms with van der Waals surface area (Å²) in [6, 6.07) is 1.57. The molecule has 1 saturated heterocycles. The highest BCUT2D eigenvalue weighted by molar-refractivity contribution is 6.30. The second kappa shape index (κ2) is 5.02. The molecule has 0 spiro atoms. The van der Waals surface area contributed by atoms with Crippen LogP contribution in [0.3, 0.4) is 0 Å². The van der Waals surface area contributed by atoms with Gasteiger partial charge in [0.05, 0.1) is 10.6 Å². The third kappa shape index (κ3) is 2.51. The summed E-state index contributed by atoms with van der Waals surface area (Å²) in [5, 5.41) is -0.363. The topological polar surface area (TPSA) is 37.4 Å². The van der Waals surface area contributed by atoms with Crippen molar-refractivity contribution in [3.63, 3.8) is 0 Å². The predicted molar refractivity (Wildman–Crippen MR) is 61.5 cm³/mol. The number of halogens is 3. The molecule has 18 heavy (non-hydrogen) atoms. The van der Waals surface area contributed by atoms with Gasteiger partial charge in [-0.2, -0.15) is 0 Å². The Labute approximate surface area is 107 Å². The molecule has 3 nitrogen and oxygen atoms in total. The molecule has 0 saturated carbocycles. The maximum atomic E-state index is 13.5. The summed E-state index contributed by atoms with van der Waals surface area (Å²) < 4.78 is 26.8. The van der Waals surface area contributed by atoms with Crippen LogP contribution < -0.4 is 0 Å². The van der Waals surface area contributed by atoms with Crippen LogP contribution in [0.25, 0.3) is 0 Å². The number of Topliss-reactive ketones (excluding diaryl/α,β-unsaturated/α-hetero) is 1. The minimum Gasteiger partial charge on any atom is -0.338 e.